The number of nitrogens with one attached hydrogen (secondary N) is 1. The van der Waals surface area contributed by atoms with Crippen molar-refractivity contribution in [3.63, 3.8) is 0 Å². The lowest BCUT2D eigenvalue weighted by atomic mass is 9.92. The van der Waals surface area contributed by atoms with Gasteiger partial charge < -0.3 is 15.3 Å². The van der Waals surface area contributed by atoms with Crippen LogP contribution in [0.5, 0.6) is 0 Å². The Bertz CT molecular complexity index is 820. The summed E-state index contributed by atoms with van der Waals surface area (Å²) in [4.78, 5) is 13.4. The van der Waals surface area contributed by atoms with E-state index in [1.54, 1.807) is 0 Å². The molecule has 148 valence electrons. The summed E-state index contributed by atoms with van der Waals surface area (Å²) in [6, 6.07) is 8.65. The molecule has 0 atom stereocenters. The molecule has 1 aromatic carbocycles. The van der Waals surface area contributed by atoms with E-state index in [1.165, 1.54) is 16.7 Å². The lowest BCUT2D eigenvalue weighted by Crippen LogP contribution is -2.43. The maximum atomic E-state index is 9.42. The fourth-order valence-electron chi connectivity index (χ4n) is 4.39. The van der Waals surface area contributed by atoms with Crippen LogP contribution >= 0.6 is 0 Å². The van der Waals surface area contributed by atoms with Crippen LogP contribution in [0.15, 0.2) is 51.2 Å². The molecular formula is C22H29N5O. The van der Waals surface area contributed by atoms with E-state index in [2.05, 4.69) is 62.2 Å². The molecule has 6 heteroatoms. The fraction of sp³-hybridized carbons (Fsp3) is 0.455. The van der Waals surface area contributed by atoms with Crippen LogP contribution in [0.25, 0.3) is 6.08 Å². The molecule has 2 saturated heterocycles. The highest BCUT2D eigenvalue weighted by molar-refractivity contribution is 6.04. The van der Waals surface area contributed by atoms with Crippen LogP contribution in [-0.2, 0) is 6.42 Å². The van der Waals surface area contributed by atoms with Crippen LogP contribution < -0.4 is 5.32 Å². The van der Waals surface area contributed by atoms with E-state index in [9.17, 15) is 5.11 Å². The Balaban J connectivity index is 1.54. The fourth-order valence-corrected chi connectivity index (χ4v) is 4.39. The van der Waals surface area contributed by atoms with Crippen molar-refractivity contribution in [2.24, 2.45) is 9.98 Å². The number of nitrogens with zero attached hydrogens (tertiary/aromatic N) is 4. The first kappa shape index (κ1) is 19.1. The number of rotatable bonds is 5. The van der Waals surface area contributed by atoms with Gasteiger partial charge in [-0.3, -0.25) is 9.89 Å². The molecule has 1 aliphatic carbocycles. The molecule has 0 amide bonds. The molecule has 0 aromatic heterocycles. The van der Waals surface area contributed by atoms with Gasteiger partial charge in [-0.2, -0.15) is 0 Å². The van der Waals surface area contributed by atoms with Gasteiger partial charge in [-0.05, 0) is 30.7 Å². The Labute approximate surface area is 167 Å². The first-order valence-electron chi connectivity index (χ1n) is 10.1. The summed E-state index contributed by atoms with van der Waals surface area (Å²) in [7, 11) is 0. The van der Waals surface area contributed by atoms with Gasteiger partial charge in [-0.1, -0.05) is 35.9 Å². The summed E-state index contributed by atoms with van der Waals surface area (Å²) in [6.07, 6.45) is 4.55. The second-order valence-corrected chi connectivity index (χ2v) is 7.59. The standard InChI is InChI=1S/C22H29N5O/c1-23-22(27-10-8-24-9-11-27)20-14-26(15-21(20)25-16-28)13-17-6-7-18-4-2-3-5-19(18)12-17/h2-5,12,24,28H,1,6-11,13-16H2/b22-20+,25-21?. The molecule has 0 saturated carbocycles. The normalized spacial score (nSPS) is 23.5. The molecule has 2 aliphatic heterocycles. The van der Waals surface area contributed by atoms with Crippen molar-refractivity contribution in [2.45, 2.75) is 12.8 Å². The smallest absolute Gasteiger partial charge is 0.134 e. The number of aliphatic hydroxyl groups is 1. The van der Waals surface area contributed by atoms with E-state index in [1.807, 2.05) is 0 Å². The van der Waals surface area contributed by atoms with Crippen LogP contribution in [0.2, 0.25) is 0 Å². The van der Waals surface area contributed by atoms with Crippen molar-refractivity contribution >= 4 is 18.5 Å². The Kier molecular flexibility index (Phi) is 6.00. The van der Waals surface area contributed by atoms with E-state index in [-0.39, 0.29) is 6.73 Å². The second-order valence-electron chi connectivity index (χ2n) is 7.59. The molecule has 0 unspecified atom stereocenters. The van der Waals surface area contributed by atoms with E-state index < -0.39 is 0 Å². The summed E-state index contributed by atoms with van der Waals surface area (Å²) < 4.78 is 0. The van der Waals surface area contributed by atoms with E-state index in [4.69, 9.17) is 0 Å². The van der Waals surface area contributed by atoms with Crippen LogP contribution in [0, 0.1) is 0 Å². The predicted molar refractivity (Wildman–Crippen MR) is 115 cm³/mol. The molecule has 1 aromatic rings. The number of aliphatic hydroxyl groups excluding tert-OH is 1. The zero-order valence-corrected chi connectivity index (χ0v) is 16.4. The van der Waals surface area contributed by atoms with Crippen molar-refractivity contribution in [2.75, 3.05) is 52.5 Å². The Morgan fingerprint density at radius 3 is 2.75 bits per heavy atom. The largest absolute Gasteiger partial charge is 0.375 e. The van der Waals surface area contributed by atoms with Gasteiger partial charge in [-0.15, -0.1) is 0 Å². The highest BCUT2D eigenvalue weighted by atomic mass is 16.3. The van der Waals surface area contributed by atoms with Crippen molar-refractivity contribution in [1.29, 1.82) is 0 Å². The number of likely N-dealkylation sites (tertiary alicyclic amines) is 1. The van der Waals surface area contributed by atoms with E-state index in [0.29, 0.717) is 0 Å². The van der Waals surface area contributed by atoms with Gasteiger partial charge in [-0.25, -0.2) is 4.99 Å². The molecule has 2 fully saturated rings. The number of fused-ring (bicyclic) bond motifs is 1. The minimum Gasteiger partial charge on any atom is -0.375 e. The summed E-state index contributed by atoms with van der Waals surface area (Å²) in [5, 5.41) is 12.8. The van der Waals surface area contributed by atoms with Crippen LogP contribution in [0.1, 0.15) is 17.5 Å². The Morgan fingerprint density at radius 1 is 1.14 bits per heavy atom. The van der Waals surface area contributed by atoms with E-state index in [0.717, 1.165) is 75.8 Å². The lowest BCUT2D eigenvalue weighted by Gasteiger charge is -2.30. The maximum Gasteiger partial charge on any atom is 0.134 e. The molecule has 4 rings (SSSR count). The molecule has 0 spiro atoms. The predicted octanol–water partition coefficient (Wildman–Crippen LogP) is 1.54. The molecule has 0 bridgehead atoms. The Hall–Kier alpha value is -2.28. The lowest BCUT2D eigenvalue weighted by molar-refractivity contribution is 0.293. The van der Waals surface area contributed by atoms with Gasteiger partial charge in [0.2, 0.25) is 0 Å². The van der Waals surface area contributed by atoms with Gasteiger partial charge in [0, 0.05) is 51.4 Å². The van der Waals surface area contributed by atoms with Crippen molar-refractivity contribution in [3.05, 3.63) is 52.4 Å². The molecule has 3 aliphatic rings. The number of hydrogen-bond acceptors (Lipinski definition) is 6. The average Bonchev–Trinajstić information content (AvgIpc) is 3.11. The third kappa shape index (κ3) is 4.09. The number of hydrogen-bond donors (Lipinski definition) is 2. The van der Waals surface area contributed by atoms with Crippen molar-refractivity contribution in [1.82, 2.24) is 15.1 Å². The number of aliphatic imine (C=N–C) groups is 2. The zero-order chi connectivity index (χ0) is 19.3. The summed E-state index contributed by atoms with van der Waals surface area (Å²) in [5.74, 6) is 0.930. The highest BCUT2D eigenvalue weighted by Crippen LogP contribution is 2.27. The molecule has 2 N–H and O–H groups in total. The third-order valence-electron chi connectivity index (χ3n) is 5.76. The number of benzene rings is 1. The third-order valence-corrected chi connectivity index (χ3v) is 5.76. The van der Waals surface area contributed by atoms with Crippen LogP contribution in [0.3, 0.4) is 0 Å². The van der Waals surface area contributed by atoms with Gasteiger partial charge in [0.15, 0.2) is 0 Å². The summed E-state index contributed by atoms with van der Waals surface area (Å²) in [5.41, 5.74) is 6.30. The van der Waals surface area contributed by atoms with Gasteiger partial charge in [0.1, 0.15) is 12.6 Å². The van der Waals surface area contributed by atoms with Crippen molar-refractivity contribution in [3.8, 4) is 0 Å². The topological polar surface area (TPSA) is 63.5 Å². The highest BCUT2D eigenvalue weighted by Gasteiger charge is 2.29. The van der Waals surface area contributed by atoms with Gasteiger partial charge in [0.05, 0.1) is 5.71 Å². The molecule has 28 heavy (non-hydrogen) atoms. The first-order chi connectivity index (χ1) is 13.8. The SMILES string of the molecule is C=N/C(=C1/CN(CC2=Cc3ccccc3CC2)CC1=NCO)N1CCNCC1. The number of aryl methyl sites for hydroxylation is 1. The van der Waals surface area contributed by atoms with Crippen molar-refractivity contribution < 1.29 is 5.11 Å². The molecular weight excluding hydrogens is 350 g/mol. The molecule has 0 radical (unpaired) electrons. The minimum absolute atomic E-state index is 0.186. The zero-order valence-electron chi connectivity index (χ0n) is 16.4. The summed E-state index contributed by atoms with van der Waals surface area (Å²) in [6.45, 7) is 9.87. The van der Waals surface area contributed by atoms with Gasteiger partial charge in [0.25, 0.3) is 0 Å². The first-order valence-corrected chi connectivity index (χ1v) is 10.1. The minimum atomic E-state index is -0.186. The monoisotopic (exact) mass is 379 g/mol. The average molecular weight is 380 g/mol. The Morgan fingerprint density at radius 2 is 1.96 bits per heavy atom. The van der Waals surface area contributed by atoms with Crippen LogP contribution in [-0.4, -0.2) is 79.9 Å². The van der Waals surface area contributed by atoms with Gasteiger partial charge >= 0.3 is 0 Å². The summed E-state index contributed by atoms with van der Waals surface area (Å²) >= 11 is 0. The molecule has 2 heterocycles. The molecule has 6 nitrogen and oxygen atoms in total. The van der Waals surface area contributed by atoms with E-state index >= 15 is 0 Å². The quantitative estimate of drug-likeness (QED) is 0.762. The second kappa shape index (κ2) is 8.82. The number of piperazine rings is 1. The maximum absolute atomic E-state index is 9.42. The van der Waals surface area contributed by atoms with Crippen LogP contribution in [0.4, 0.5) is 0 Å².